The lowest BCUT2D eigenvalue weighted by Gasteiger charge is -2.26. The second-order valence-electron chi connectivity index (χ2n) is 21.6. The molecule has 72 heavy (non-hydrogen) atoms. The van der Waals surface area contributed by atoms with E-state index in [9.17, 15) is 19.5 Å². The van der Waals surface area contributed by atoms with Gasteiger partial charge in [0.05, 0.1) is 40.3 Å². The van der Waals surface area contributed by atoms with Gasteiger partial charge in [0, 0.05) is 12.8 Å². The number of allylic oxidation sites excluding steroid dienone is 8. The molecule has 0 fully saturated rings. The van der Waals surface area contributed by atoms with Crippen molar-refractivity contribution in [3.05, 3.63) is 48.6 Å². The third-order valence-corrected chi connectivity index (χ3v) is 13.3. The summed E-state index contributed by atoms with van der Waals surface area (Å²) >= 11 is 0. The molecule has 2 unspecified atom stereocenters. The molecule has 0 aromatic carbocycles. The van der Waals surface area contributed by atoms with Crippen LogP contribution in [0.3, 0.4) is 0 Å². The van der Waals surface area contributed by atoms with Gasteiger partial charge < -0.3 is 33.3 Å². The van der Waals surface area contributed by atoms with Gasteiger partial charge in [0.15, 0.2) is 12.4 Å². The van der Waals surface area contributed by atoms with Gasteiger partial charge in [-0.2, -0.15) is 0 Å². The Hall–Kier alpha value is -2.75. The summed E-state index contributed by atoms with van der Waals surface area (Å²) in [6, 6.07) is 0. The summed E-state index contributed by atoms with van der Waals surface area (Å²) in [6.07, 6.45) is 64.9. The molecule has 0 aromatic heterocycles. The van der Waals surface area contributed by atoms with Gasteiger partial charge in [-0.05, 0) is 70.6 Å². The Morgan fingerprint density at radius 1 is 0.417 bits per heavy atom. The Kier molecular flexibility index (Phi) is 52.4. The highest BCUT2D eigenvalue weighted by atomic mass is 16.7. The number of rotatable bonds is 56. The van der Waals surface area contributed by atoms with Crippen LogP contribution in [0.4, 0.5) is 0 Å². The minimum Gasteiger partial charge on any atom is -0.545 e. The quantitative estimate of drug-likeness (QED) is 0.0195. The number of carbonyl (C=O) groups is 3. The van der Waals surface area contributed by atoms with Crippen molar-refractivity contribution in [3.8, 4) is 0 Å². The normalized spacial score (nSPS) is 13.1. The Balaban J connectivity index is 3.93. The largest absolute Gasteiger partial charge is 0.545 e. The molecule has 420 valence electrons. The van der Waals surface area contributed by atoms with E-state index in [1.807, 2.05) is 21.1 Å². The first kappa shape index (κ1) is 69.2. The third-order valence-electron chi connectivity index (χ3n) is 13.3. The van der Waals surface area contributed by atoms with Gasteiger partial charge >= 0.3 is 11.9 Å². The summed E-state index contributed by atoms with van der Waals surface area (Å²) in [5.41, 5.74) is 0. The minimum atomic E-state index is -1.62. The first-order valence-electron chi connectivity index (χ1n) is 30.3. The van der Waals surface area contributed by atoms with Gasteiger partial charge in [-0.3, -0.25) is 9.59 Å². The molecule has 9 heteroatoms. The summed E-state index contributed by atoms with van der Waals surface area (Å²) in [7, 11) is 5.92. The topological polar surface area (TPSA) is 111 Å². The monoisotopic (exact) mass is 1010 g/mol. The van der Waals surface area contributed by atoms with E-state index < -0.39 is 24.3 Å². The van der Waals surface area contributed by atoms with E-state index in [2.05, 4.69) is 62.5 Å². The zero-order valence-electron chi connectivity index (χ0n) is 47.8. The van der Waals surface area contributed by atoms with Crippen LogP contribution in [-0.2, 0) is 33.3 Å². The molecule has 0 aliphatic rings. The Morgan fingerprint density at radius 3 is 1.18 bits per heavy atom. The van der Waals surface area contributed by atoms with Crippen molar-refractivity contribution in [2.45, 2.75) is 289 Å². The third kappa shape index (κ3) is 55.0. The molecule has 0 spiro atoms. The summed E-state index contributed by atoms with van der Waals surface area (Å²) < 4.78 is 22.6. The lowest BCUT2D eigenvalue weighted by molar-refractivity contribution is -0.870. The number of carboxylic acid groups (broad SMARTS) is 1. The van der Waals surface area contributed by atoms with Crippen LogP contribution in [0, 0.1) is 0 Å². The number of nitrogens with zero attached hydrogens (tertiary/aromatic N) is 1. The van der Waals surface area contributed by atoms with Gasteiger partial charge in [0.1, 0.15) is 13.2 Å². The van der Waals surface area contributed by atoms with Crippen molar-refractivity contribution < 1.29 is 42.9 Å². The fraction of sp³-hybridized carbons (Fsp3) is 0.825. The van der Waals surface area contributed by atoms with E-state index in [4.69, 9.17) is 18.9 Å². The molecule has 0 bridgehead atoms. The standard InChI is InChI=1S/C63H115NO8/c1-6-8-10-12-14-16-18-19-20-21-22-23-24-25-26-27-28-29-30-31-32-33-34-35-36-37-38-39-40-41-42-43-44-46-48-50-52-54-61(66)72-59(58-71-63(62(67)68)69-56-55-64(3,4)5)57-70-60(65)53-51-49-47-45-17-15-13-11-9-7-2/h11,13,18-19,21-22,24-25,59,63H,6-10,12,14-17,20,23,26-58H2,1-5H3/b13-11-,19-18-,22-21-,25-24-. The Labute approximate surface area is 444 Å². The van der Waals surface area contributed by atoms with Crippen LogP contribution in [0.1, 0.15) is 277 Å². The summed E-state index contributed by atoms with van der Waals surface area (Å²) in [6.45, 7) is 4.68. The van der Waals surface area contributed by atoms with Gasteiger partial charge in [-0.15, -0.1) is 0 Å². The second-order valence-corrected chi connectivity index (χ2v) is 21.6. The van der Waals surface area contributed by atoms with E-state index in [-0.39, 0.29) is 38.6 Å². The van der Waals surface area contributed by atoms with E-state index in [1.165, 1.54) is 173 Å². The summed E-state index contributed by atoms with van der Waals surface area (Å²) in [5.74, 6) is -2.29. The molecular weight excluding hydrogens is 899 g/mol. The molecule has 0 amide bonds. The predicted octanol–water partition coefficient (Wildman–Crippen LogP) is 16.5. The number of quaternary nitrogens is 1. The van der Waals surface area contributed by atoms with E-state index in [1.54, 1.807) is 0 Å². The number of aliphatic carboxylic acids is 1. The summed E-state index contributed by atoms with van der Waals surface area (Å²) in [4.78, 5) is 37.1. The zero-order chi connectivity index (χ0) is 52.7. The van der Waals surface area contributed by atoms with Crippen LogP contribution < -0.4 is 5.11 Å². The number of ether oxygens (including phenoxy) is 4. The average Bonchev–Trinajstić information content (AvgIpc) is 3.35. The van der Waals surface area contributed by atoms with Gasteiger partial charge in [0.25, 0.3) is 0 Å². The summed E-state index contributed by atoms with van der Waals surface area (Å²) in [5, 5.41) is 11.7. The molecule has 0 N–H and O–H groups in total. The molecule has 0 aromatic rings. The molecule has 0 aliphatic heterocycles. The molecule has 0 saturated carbocycles. The maximum absolute atomic E-state index is 12.8. The van der Waals surface area contributed by atoms with Crippen molar-refractivity contribution in [1.29, 1.82) is 0 Å². The number of esters is 2. The second kappa shape index (κ2) is 54.5. The van der Waals surface area contributed by atoms with Gasteiger partial charge in [-0.1, -0.05) is 242 Å². The first-order valence-corrected chi connectivity index (χ1v) is 30.3. The van der Waals surface area contributed by atoms with Crippen LogP contribution in [0.5, 0.6) is 0 Å². The average molecular weight is 1010 g/mol. The number of hydrogen-bond donors (Lipinski definition) is 0. The molecule has 0 radical (unpaired) electrons. The first-order chi connectivity index (χ1) is 35.1. The maximum atomic E-state index is 12.8. The van der Waals surface area contributed by atoms with Crippen LogP contribution in [0.15, 0.2) is 48.6 Å². The zero-order valence-corrected chi connectivity index (χ0v) is 47.8. The molecule has 0 rings (SSSR count). The van der Waals surface area contributed by atoms with Crippen molar-refractivity contribution >= 4 is 17.9 Å². The molecule has 0 saturated heterocycles. The molecule has 0 heterocycles. The SMILES string of the molecule is CCC/C=C\CCCCCCCC(=O)OCC(COC(OCC[N+](C)(C)C)C(=O)[O-])OC(=O)CCCCCCCCCCCCCCCCCCCCCCCC/C=C\C/C=C\C/C=C\CCCCCCC. The maximum Gasteiger partial charge on any atom is 0.306 e. The molecule has 0 aliphatic carbocycles. The number of carboxylic acids is 1. The lowest BCUT2D eigenvalue weighted by atomic mass is 10.0. The predicted molar refractivity (Wildman–Crippen MR) is 302 cm³/mol. The van der Waals surface area contributed by atoms with Crippen LogP contribution in [0.25, 0.3) is 0 Å². The fourth-order valence-corrected chi connectivity index (χ4v) is 8.61. The van der Waals surface area contributed by atoms with Crippen LogP contribution in [0.2, 0.25) is 0 Å². The smallest absolute Gasteiger partial charge is 0.306 e. The number of unbranched alkanes of at least 4 members (excludes halogenated alkanes) is 33. The highest BCUT2D eigenvalue weighted by molar-refractivity contribution is 5.70. The van der Waals surface area contributed by atoms with E-state index in [0.29, 0.717) is 17.4 Å². The minimum absolute atomic E-state index is 0.147. The van der Waals surface area contributed by atoms with Crippen LogP contribution in [-0.4, -0.2) is 82.3 Å². The Morgan fingerprint density at radius 2 is 0.778 bits per heavy atom. The number of hydrogen-bond acceptors (Lipinski definition) is 8. The van der Waals surface area contributed by atoms with Crippen molar-refractivity contribution in [2.24, 2.45) is 0 Å². The van der Waals surface area contributed by atoms with Crippen molar-refractivity contribution in [2.75, 3.05) is 47.5 Å². The van der Waals surface area contributed by atoms with Gasteiger partial charge in [0.2, 0.25) is 0 Å². The van der Waals surface area contributed by atoms with Crippen LogP contribution >= 0.6 is 0 Å². The highest BCUT2D eigenvalue weighted by Gasteiger charge is 2.22. The van der Waals surface area contributed by atoms with E-state index in [0.717, 1.165) is 70.6 Å². The lowest BCUT2D eigenvalue weighted by Crippen LogP contribution is -2.44. The molecule has 9 nitrogen and oxygen atoms in total. The van der Waals surface area contributed by atoms with Gasteiger partial charge in [-0.25, -0.2) is 0 Å². The number of carbonyl (C=O) groups excluding carboxylic acids is 3. The number of likely N-dealkylation sites (N-methyl/N-ethyl adjacent to an activating group) is 1. The molecule has 2 atom stereocenters. The fourth-order valence-electron chi connectivity index (χ4n) is 8.61. The highest BCUT2D eigenvalue weighted by Crippen LogP contribution is 2.17. The van der Waals surface area contributed by atoms with Crippen molar-refractivity contribution in [1.82, 2.24) is 0 Å². The van der Waals surface area contributed by atoms with E-state index >= 15 is 0 Å². The molecular formula is C63H115NO8. The van der Waals surface area contributed by atoms with Crippen molar-refractivity contribution in [3.63, 3.8) is 0 Å². The Bertz CT molecular complexity index is 1320.